The van der Waals surface area contributed by atoms with Gasteiger partial charge in [-0.2, -0.15) is 0 Å². The normalized spacial score (nSPS) is 18.4. The number of hydrogen-bond donors (Lipinski definition) is 1. The van der Waals surface area contributed by atoms with Crippen LogP contribution in [0, 0.1) is 0 Å². The topological polar surface area (TPSA) is 61.9 Å². The lowest BCUT2D eigenvalue weighted by Gasteiger charge is -2.34. The van der Waals surface area contributed by atoms with E-state index in [9.17, 15) is 9.59 Å². The van der Waals surface area contributed by atoms with Crippen LogP contribution in [0.3, 0.4) is 0 Å². The lowest BCUT2D eigenvalue weighted by atomic mass is 9.92. The van der Waals surface area contributed by atoms with Crippen molar-refractivity contribution >= 4 is 17.5 Å². The van der Waals surface area contributed by atoms with E-state index in [-0.39, 0.29) is 17.9 Å². The number of unbranched alkanes of at least 4 members (excludes halogenated alkanes) is 3. The van der Waals surface area contributed by atoms with Gasteiger partial charge in [-0.15, -0.1) is 6.58 Å². The Hall–Kier alpha value is -2.18. The van der Waals surface area contributed by atoms with Crippen LogP contribution < -0.4 is 5.32 Å². The number of hydrogen-bond acceptors (Lipinski definition) is 4. The van der Waals surface area contributed by atoms with Gasteiger partial charge in [0.1, 0.15) is 0 Å². The summed E-state index contributed by atoms with van der Waals surface area (Å²) in [6.45, 7) is 8.23. The van der Waals surface area contributed by atoms with Gasteiger partial charge in [0.25, 0.3) is 0 Å². The van der Waals surface area contributed by atoms with Crippen LogP contribution >= 0.6 is 0 Å². The fraction of sp³-hybridized carbons (Fsp3) is 0.615. The zero-order chi connectivity index (χ0) is 23.3. The van der Waals surface area contributed by atoms with Crippen LogP contribution in [-0.2, 0) is 4.74 Å². The summed E-state index contributed by atoms with van der Waals surface area (Å²) in [6.07, 6.45) is 11.0. The first-order valence-corrected chi connectivity index (χ1v) is 12.0. The van der Waals surface area contributed by atoms with E-state index < -0.39 is 0 Å². The summed E-state index contributed by atoms with van der Waals surface area (Å²) in [5.41, 5.74) is 1.35. The molecule has 1 N–H and O–H groups in total. The number of ketones is 1. The number of nitrogens with zero attached hydrogens (tertiary/aromatic N) is 2. The van der Waals surface area contributed by atoms with Crippen LogP contribution in [0.25, 0.3) is 0 Å². The molecular weight excluding hydrogens is 402 g/mol. The molecule has 0 unspecified atom stereocenters. The summed E-state index contributed by atoms with van der Waals surface area (Å²) in [7, 11) is 3.99. The van der Waals surface area contributed by atoms with Gasteiger partial charge in [-0.25, -0.2) is 4.79 Å². The molecule has 2 rings (SSSR count). The van der Waals surface area contributed by atoms with Crippen molar-refractivity contribution in [2.24, 2.45) is 0 Å². The second-order valence-corrected chi connectivity index (χ2v) is 8.94. The number of carbonyl (C=O) groups excluding carboxylic acids is 2. The Morgan fingerprint density at radius 2 is 1.72 bits per heavy atom. The molecule has 0 heterocycles. The number of anilines is 1. The third-order valence-corrected chi connectivity index (χ3v) is 6.28. The molecule has 6 heteroatoms. The highest BCUT2D eigenvalue weighted by atomic mass is 16.5. The molecule has 32 heavy (non-hydrogen) atoms. The molecule has 0 bridgehead atoms. The first-order chi connectivity index (χ1) is 15.4. The highest BCUT2D eigenvalue weighted by Gasteiger charge is 2.27. The minimum Gasteiger partial charge on any atom is -0.378 e. The average Bonchev–Trinajstić information content (AvgIpc) is 2.79. The third kappa shape index (κ3) is 9.13. The number of Topliss-reactive ketones (excluding diaryl/α,β-unsaturated/α-hetero) is 1. The fourth-order valence-corrected chi connectivity index (χ4v) is 4.16. The van der Waals surface area contributed by atoms with Crippen molar-refractivity contribution in [3.05, 3.63) is 42.5 Å². The zero-order valence-electron chi connectivity index (χ0n) is 20.1. The van der Waals surface area contributed by atoms with E-state index in [1.807, 2.05) is 13.1 Å². The summed E-state index contributed by atoms with van der Waals surface area (Å²) in [4.78, 5) is 28.1. The van der Waals surface area contributed by atoms with Crippen LogP contribution in [0.1, 0.15) is 68.6 Å². The highest BCUT2D eigenvalue weighted by molar-refractivity contribution is 5.95. The molecule has 0 saturated heterocycles. The van der Waals surface area contributed by atoms with E-state index in [0.29, 0.717) is 17.4 Å². The molecule has 1 fully saturated rings. The summed E-state index contributed by atoms with van der Waals surface area (Å²) in [6, 6.07) is 7.14. The number of benzene rings is 1. The van der Waals surface area contributed by atoms with Crippen molar-refractivity contribution < 1.29 is 14.3 Å². The molecule has 0 spiro atoms. The Balaban J connectivity index is 1.59. The maximum atomic E-state index is 12.6. The average molecular weight is 444 g/mol. The molecule has 1 aromatic carbocycles. The maximum absolute atomic E-state index is 12.6. The van der Waals surface area contributed by atoms with E-state index in [0.717, 1.165) is 51.8 Å². The van der Waals surface area contributed by atoms with Gasteiger partial charge in [0.05, 0.1) is 6.10 Å². The van der Waals surface area contributed by atoms with Gasteiger partial charge in [-0.3, -0.25) is 4.79 Å². The number of carbonyl (C=O) groups is 2. The highest BCUT2D eigenvalue weighted by Crippen LogP contribution is 2.25. The molecule has 0 radical (unpaired) electrons. The summed E-state index contributed by atoms with van der Waals surface area (Å²) in [5.74, 6) is 0.0195. The number of ether oxygens (including phenoxy) is 1. The summed E-state index contributed by atoms with van der Waals surface area (Å²) in [5, 5.41) is 2.93. The molecule has 0 atom stereocenters. The lowest BCUT2D eigenvalue weighted by Crippen LogP contribution is -2.42. The summed E-state index contributed by atoms with van der Waals surface area (Å²) < 4.78 is 6.09. The minimum absolute atomic E-state index is 0.0195. The van der Waals surface area contributed by atoms with Gasteiger partial charge < -0.3 is 19.9 Å². The zero-order valence-corrected chi connectivity index (χ0v) is 20.1. The van der Waals surface area contributed by atoms with E-state index in [2.05, 4.69) is 23.8 Å². The Labute approximate surface area is 194 Å². The SMILES string of the molecule is C=CCN(C)CCCCCCOC1CCC(N(C)C(=O)Nc2ccc(C(C)=O)cc2)CC1. The first-order valence-electron chi connectivity index (χ1n) is 12.0. The van der Waals surface area contributed by atoms with Crippen molar-refractivity contribution in [1.82, 2.24) is 9.80 Å². The van der Waals surface area contributed by atoms with Gasteiger partial charge in [0.15, 0.2) is 5.78 Å². The van der Waals surface area contributed by atoms with Crippen LogP contribution in [0.2, 0.25) is 0 Å². The minimum atomic E-state index is -0.108. The van der Waals surface area contributed by atoms with Gasteiger partial charge >= 0.3 is 6.03 Å². The standard InChI is InChI=1S/C26H41N3O3/c1-5-18-28(3)19-8-6-7-9-20-32-25-16-14-24(15-17-25)29(4)26(31)27-23-12-10-22(11-13-23)21(2)30/h5,10-13,24-25H,1,6-9,14-20H2,2-4H3,(H,27,31). The molecule has 178 valence electrons. The molecule has 6 nitrogen and oxygen atoms in total. The van der Waals surface area contributed by atoms with Crippen LogP contribution in [-0.4, -0.2) is 67.6 Å². The Morgan fingerprint density at radius 1 is 1.06 bits per heavy atom. The van der Waals surface area contributed by atoms with E-state index in [4.69, 9.17) is 4.74 Å². The molecule has 1 aliphatic rings. The van der Waals surface area contributed by atoms with Crippen LogP contribution in [0.15, 0.2) is 36.9 Å². The maximum Gasteiger partial charge on any atom is 0.321 e. The van der Waals surface area contributed by atoms with E-state index in [1.54, 1.807) is 29.2 Å². The monoisotopic (exact) mass is 443 g/mol. The molecular formula is C26H41N3O3. The Morgan fingerprint density at radius 3 is 2.34 bits per heavy atom. The quantitative estimate of drug-likeness (QED) is 0.253. The van der Waals surface area contributed by atoms with Crippen molar-refractivity contribution in [1.29, 1.82) is 0 Å². The van der Waals surface area contributed by atoms with Crippen molar-refractivity contribution in [3.8, 4) is 0 Å². The number of rotatable bonds is 13. The van der Waals surface area contributed by atoms with E-state index >= 15 is 0 Å². The second-order valence-electron chi connectivity index (χ2n) is 8.94. The first kappa shape index (κ1) is 26.1. The molecule has 2 amide bonds. The fourth-order valence-electron chi connectivity index (χ4n) is 4.16. The van der Waals surface area contributed by atoms with Crippen LogP contribution in [0.4, 0.5) is 10.5 Å². The Bertz CT molecular complexity index is 712. The number of urea groups is 1. The van der Waals surface area contributed by atoms with Crippen molar-refractivity contribution in [2.75, 3.05) is 39.1 Å². The summed E-state index contributed by atoms with van der Waals surface area (Å²) >= 11 is 0. The van der Waals surface area contributed by atoms with Gasteiger partial charge in [0.2, 0.25) is 0 Å². The molecule has 0 aliphatic heterocycles. The van der Waals surface area contributed by atoms with E-state index in [1.165, 1.54) is 26.2 Å². The molecule has 0 aromatic heterocycles. The Kier molecular flexibility index (Phi) is 11.5. The predicted octanol–water partition coefficient (Wildman–Crippen LogP) is 5.36. The predicted molar refractivity (Wildman–Crippen MR) is 131 cm³/mol. The number of amides is 2. The number of nitrogens with one attached hydrogen (secondary N) is 1. The third-order valence-electron chi connectivity index (χ3n) is 6.28. The molecule has 1 aromatic rings. The molecule has 1 aliphatic carbocycles. The number of likely N-dealkylation sites (N-methyl/N-ethyl adjacent to an activating group) is 1. The lowest BCUT2D eigenvalue weighted by molar-refractivity contribution is 0.0130. The van der Waals surface area contributed by atoms with Crippen molar-refractivity contribution in [3.63, 3.8) is 0 Å². The van der Waals surface area contributed by atoms with Gasteiger partial charge in [-0.1, -0.05) is 18.9 Å². The smallest absolute Gasteiger partial charge is 0.321 e. The molecule has 1 saturated carbocycles. The van der Waals surface area contributed by atoms with Gasteiger partial charge in [0, 0.05) is 37.5 Å². The van der Waals surface area contributed by atoms with Crippen molar-refractivity contribution in [2.45, 2.75) is 70.4 Å². The van der Waals surface area contributed by atoms with Crippen LogP contribution in [0.5, 0.6) is 0 Å². The largest absolute Gasteiger partial charge is 0.378 e. The van der Waals surface area contributed by atoms with Gasteiger partial charge in [-0.05, 0) is 83.3 Å². The second kappa shape index (κ2) is 14.1.